The highest BCUT2D eigenvalue weighted by molar-refractivity contribution is 7.06. The van der Waals surface area contributed by atoms with E-state index in [1.54, 1.807) is 0 Å². The number of nitrogens with zero attached hydrogens (tertiary/aromatic N) is 6. The molecule has 6 nitrogen and oxygen atoms in total. The maximum absolute atomic E-state index is 4.27. The second-order valence-electron chi connectivity index (χ2n) is 10.0. The van der Waals surface area contributed by atoms with Crippen molar-refractivity contribution in [3.05, 3.63) is 32.5 Å². The minimum absolute atomic E-state index is 0.506. The van der Waals surface area contributed by atoms with E-state index in [0.717, 1.165) is 0 Å². The van der Waals surface area contributed by atoms with E-state index < -0.39 is 0 Å². The van der Waals surface area contributed by atoms with Crippen LogP contribution in [0.5, 0.6) is 0 Å². The third kappa shape index (κ3) is 9.09. The molecule has 186 valence electrons. The Balaban J connectivity index is 0.000000247. The molecule has 3 heterocycles. The van der Waals surface area contributed by atoms with Gasteiger partial charge in [-0.2, -0.15) is 8.75 Å². The zero-order valence-electron chi connectivity index (χ0n) is 22.4. The van der Waals surface area contributed by atoms with Gasteiger partial charge in [0.05, 0.1) is 44.3 Å². The molecular weight excluding hydrogens is 469 g/mol. The summed E-state index contributed by atoms with van der Waals surface area (Å²) in [6, 6.07) is 0. The summed E-state index contributed by atoms with van der Waals surface area (Å²) in [5.41, 5.74) is 4.69. The number of rotatable bonds is 6. The van der Waals surface area contributed by atoms with Crippen molar-refractivity contribution in [2.24, 2.45) is 0 Å². The minimum Gasteiger partial charge on any atom is -0.178 e. The van der Waals surface area contributed by atoms with Crippen molar-refractivity contribution in [3.63, 3.8) is 0 Å². The molecule has 0 aliphatic carbocycles. The number of hydrogen-bond acceptors (Lipinski definition) is 9. The van der Waals surface area contributed by atoms with Crippen LogP contribution in [0.2, 0.25) is 0 Å². The lowest BCUT2D eigenvalue weighted by molar-refractivity contribution is 0.759. The molecule has 3 aromatic heterocycles. The molecule has 9 heteroatoms. The Hall–Kier alpha value is -1.32. The van der Waals surface area contributed by atoms with Crippen molar-refractivity contribution >= 4 is 34.8 Å². The van der Waals surface area contributed by atoms with Crippen LogP contribution in [0.25, 0.3) is 0 Å². The Morgan fingerprint density at radius 3 is 0.939 bits per heavy atom. The quantitative estimate of drug-likeness (QED) is 0.331. The predicted octanol–water partition coefficient (Wildman–Crippen LogP) is 8.35. The molecule has 0 aromatic carbocycles. The van der Waals surface area contributed by atoms with Crippen LogP contribution < -0.4 is 0 Å². The van der Waals surface area contributed by atoms with Gasteiger partial charge in [0.25, 0.3) is 0 Å². The Morgan fingerprint density at radius 2 is 0.727 bits per heavy atom. The van der Waals surface area contributed by atoms with E-state index in [-0.39, 0.29) is 0 Å². The lowest BCUT2D eigenvalue weighted by atomic mass is 10.0. The van der Waals surface area contributed by atoms with Gasteiger partial charge in [-0.3, -0.25) is 0 Å². The van der Waals surface area contributed by atoms with Gasteiger partial charge >= 0.3 is 0 Å². The van der Waals surface area contributed by atoms with E-state index in [1.165, 1.54) is 67.3 Å². The first-order chi connectivity index (χ1) is 15.4. The van der Waals surface area contributed by atoms with Gasteiger partial charge < -0.3 is 0 Å². The van der Waals surface area contributed by atoms with Crippen LogP contribution in [-0.2, 0) is 0 Å². The highest BCUT2D eigenvalue weighted by Gasteiger charge is 2.15. The van der Waals surface area contributed by atoms with Crippen LogP contribution >= 0.6 is 34.8 Å². The SMILES string of the molecule is CC(C)c1nnsc1C(C)C.CC(C)c1nnsc1C(C)C.CC(C)c1nsnc1C(C)C. The van der Waals surface area contributed by atoms with Crippen LogP contribution in [0.4, 0.5) is 0 Å². The van der Waals surface area contributed by atoms with Gasteiger partial charge in [-0.15, -0.1) is 10.2 Å². The van der Waals surface area contributed by atoms with Gasteiger partial charge in [-0.25, -0.2) is 0 Å². The van der Waals surface area contributed by atoms with Crippen molar-refractivity contribution in [2.45, 2.75) is 119 Å². The van der Waals surface area contributed by atoms with Gasteiger partial charge in [0.1, 0.15) is 0 Å². The fourth-order valence-corrected chi connectivity index (χ4v) is 5.44. The van der Waals surface area contributed by atoms with E-state index in [2.05, 4.69) is 111 Å². The second kappa shape index (κ2) is 14.2. The third-order valence-electron chi connectivity index (χ3n) is 4.86. The number of hydrogen-bond donors (Lipinski definition) is 0. The summed E-state index contributed by atoms with van der Waals surface area (Å²) in [5, 5.41) is 8.21. The first-order valence-electron chi connectivity index (χ1n) is 11.8. The molecule has 0 saturated carbocycles. The second-order valence-corrected chi connectivity index (χ2v) is 12.1. The minimum atomic E-state index is 0.506. The molecule has 0 radical (unpaired) electrons. The molecule has 33 heavy (non-hydrogen) atoms. The maximum Gasteiger partial charge on any atom is 0.0815 e. The summed E-state index contributed by atoms with van der Waals surface area (Å²) in [6.45, 7) is 26.0. The number of aromatic nitrogens is 6. The lowest BCUT2D eigenvalue weighted by Gasteiger charge is -2.05. The molecule has 3 rings (SSSR count). The Bertz CT molecular complexity index is 735. The fourth-order valence-electron chi connectivity index (χ4n) is 3.02. The Labute approximate surface area is 213 Å². The Morgan fingerprint density at radius 1 is 0.424 bits per heavy atom. The summed E-state index contributed by atoms with van der Waals surface area (Å²) in [7, 11) is 0. The summed E-state index contributed by atoms with van der Waals surface area (Å²) >= 11 is 4.37. The summed E-state index contributed by atoms with van der Waals surface area (Å²) < 4.78 is 16.4. The molecule has 0 saturated heterocycles. The molecule has 0 fully saturated rings. The highest BCUT2D eigenvalue weighted by Crippen LogP contribution is 2.27. The molecule has 3 aromatic rings. The maximum atomic E-state index is 4.27. The topological polar surface area (TPSA) is 77.3 Å². The predicted molar refractivity (Wildman–Crippen MR) is 144 cm³/mol. The average molecular weight is 511 g/mol. The van der Waals surface area contributed by atoms with Crippen molar-refractivity contribution in [2.75, 3.05) is 0 Å². The van der Waals surface area contributed by atoms with E-state index >= 15 is 0 Å². The van der Waals surface area contributed by atoms with Crippen molar-refractivity contribution in [3.8, 4) is 0 Å². The zero-order valence-corrected chi connectivity index (χ0v) is 24.8. The molecule has 0 bridgehead atoms. The fraction of sp³-hybridized carbons (Fsp3) is 0.750. The standard InChI is InChI=1S/3C8H14N2S/c2*1-5(2)7-8(6(3)4)11-10-9-7;1-5(2)7-8(6(3)4)10-11-9-7/h3*5-6H,1-4H3. The van der Waals surface area contributed by atoms with Crippen LogP contribution in [0, 0.1) is 0 Å². The average Bonchev–Trinajstić information content (AvgIpc) is 3.48. The molecule has 0 N–H and O–H groups in total. The first-order valence-corrected chi connectivity index (χ1v) is 14.1. The van der Waals surface area contributed by atoms with E-state index in [4.69, 9.17) is 0 Å². The largest absolute Gasteiger partial charge is 0.178 e. The van der Waals surface area contributed by atoms with Crippen LogP contribution in [-0.4, -0.2) is 27.9 Å². The monoisotopic (exact) mass is 510 g/mol. The zero-order chi connectivity index (χ0) is 25.3. The van der Waals surface area contributed by atoms with E-state index in [9.17, 15) is 0 Å². The molecule has 0 spiro atoms. The highest BCUT2D eigenvalue weighted by atomic mass is 32.1. The van der Waals surface area contributed by atoms with Gasteiger partial charge in [0.15, 0.2) is 0 Å². The molecule has 0 atom stereocenters. The molecule has 0 aliphatic heterocycles. The summed E-state index contributed by atoms with van der Waals surface area (Å²) in [4.78, 5) is 2.67. The summed E-state index contributed by atoms with van der Waals surface area (Å²) in [5.74, 6) is 3.15. The lowest BCUT2D eigenvalue weighted by Crippen LogP contribution is -1.96. The molecule has 0 unspecified atom stereocenters. The van der Waals surface area contributed by atoms with Crippen LogP contribution in [0.1, 0.15) is 151 Å². The Kier molecular flexibility index (Phi) is 12.8. The van der Waals surface area contributed by atoms with E-state index in [1.807, 2.05) is 0 Å². The van der Waals surface area contributed by atoms with Gasteiger partial charge in [-0.1, -0.05) is 92.1 Å². The molecule has 0 amide bonds. The molecule has 0 aliphatic rings. The van der Waals surface area contributed by atoms with Crippen molar-refractivity contribution in [1.82, 2.24) is 27.9 Å². The van der Waals surface area contributed by atoms with Gasteiger partial charge in [0.2, 0.25) is 0 Å². The van der Waals surface area contributed by atoms with Crippen molar-refractivity contribution in [1.29, 1.82) is 0 Å². The van der Waals surface area contributed by atoms with Crippen molar-refractivity contribution < 1.29 is 0 Å². The van der Waals surface area contributed by atoms with E-state index in [0.29, 0.717) is 35.5 Å². The van der Waals surface area contributed by atoms with Crippen LogP contribution in [0.3, 0.4) is 0 Å². The normalized spacial score (nSPS) is 11.5. The first kappa shape index (κ1) is 29.7. The summed E-state index contributed by atoms with van der Waals surface area (Å²) in [6.07, 6.45) is 0. The third-order valence-corrected chi connectivity index (χ3v) is 7.50. The van der Waals surface area contributed by atoms with Crippen LogP contribution in [0.15, 0.2) is 0 Å². The molecular formula is C24H42N6S3. The van der Waals surface area contributed by atoms with Gasteiger partial charge in [0, 0.05) is 0 Å². The van der Waals surface area contributed by atoms with Gasteiger partial charge in [-0.05, 0) is 58.6 Å². The smallest absolute Gasteiger partial charge is 0.0815 e.